The molecule has 0 spiro atoms. The van der Waals surface area contributed by atoms with E-state index in [4.69, 9.17) is 9.84 Å². The van der Waals surface area contributed by atoms with Crippen LogP contribution in [0.15, 0.2) is 28.9 Å². The number of methoxy groups -OCH3 is 1. The smallest absolute Gasteiger partial charge is 0.140 e. The minimum absolute atomic E-state index is 0.0788. The molecule has 5 heteroatoms. The number of halogens is 1. The van der Waals surface area contributed by atoms with Crippen LogP contribution in [0.1, 0.15) is 5.69 Å². The molecule has 0 bridgehead atoms. The average molecular weight is 297 g/mol. The van der Waals surface area contributed by atoms with E-state index in [1.165, 1.54) is 0 Å². The van der Waals surface area contributed by atoms with E-state index >= 15 is 0 Å². The summed E-state index contributed by atoms with van der Waals surface area (Å²) in [5.74, 6) is 1.62. The van der Waals surface area contributed by atoms with Gasteiger partial charge in [-0.3, -0.25) is 0 Å². The van der Waals surface area contributed by atoms with Crippen LogP contribution in [0.25, 0.3) is 11.4 Å². The predicted octanol–water partition coefficient (Wildman–Crippen LogP) is 2.35. The minimum Gasteiger partial charge on any atom is -0.497 e. The second-order valence-electron chi connectivity index (χ2n) is 3.62. The number of hydrogen-bond donors (Lipinski definition) is 1. The molecule has 0 fully saturated rings. The van der Waals surface area contributed by atoms with Crippen LogP contribution in [0.5, 0.6) is 5.75 Å². The number of aliphatic hydroxyl groups is 1. The van der Waals surface area contributed by atoms with Crippen molar-refractivity contribution < 1.29 is 9.84 Å². The second-order valence-corrected chi connectivity index (χ2v) is 4.37. The fourth-order valence-electron chi connectivity index (χ4n) is 1.63. The van der Waals surface area contributed by atoms with Crippen molar-refractivity contribution in [3.63, 3.8) is 0 Å². The molecular weight excluding hydrogens is 284 g/mol. The number of rotatable bonds is 3. The Kier molecular flexibility index (Phi) is 3.49. The zero-order chi connectivity index (χ0) is 12.4. The number of hydrogen-bond acceptors (Lipinski definition) is 3. The second kappa shape index (κ2) is 4.89. The summed E-state index contributed by atoms with van der Waals surface area (Å²) in [5, 5.41) is 9.16. The summed E-state index contributed by atoms with van der Waals surface area (Å²) in [4.78, 5) is 4.38. The third-order valence-corrected chi connectivity index (χ3v) is 3.58. The van der Waals surface area contributed by atoms with Gasteiger partial charge in [-0.2, -0.15) is 0 Å². The van der Waals surface area contributed by atoms with E-state index in [1.54, 1.807) is 7.11 Å². The molecule has 0 unspecified atom stereocenters. The standard InChI is InChI=1S/C12H13BrN2O2/c1-15-11(13)10(7-16)14-12(15)8-3-5-9(17-2)6-4-8/h3-6,16H,7H2,1-2H3. The Bertz CT molecular complexity index is 520. The maximum atomic E-state index is 9.16. The van der Waals surface area contributed by atoms with Crippen molar-refractivity contribution in [1.82, 2.24) is 9.55 Å². The van der Waals surface area contributed by atoms with E-state index in [0.29, 0.717) is 5.69 Å². The molecule has 90 valence electrons. The molecule has 17 heavy (non-hydrogen) atoms. The summed E-state index contributed by atoms with van der Waals surface area (Å²) in [7, 11) is 3.53. The SMILES string of the molecule is COc1ccc(-c2nc(CO)c(Br)n2C)cc1. The molecule has 1 heterocycles. The van der Waals surface area contributed by atoms with Gasteiger partial charge in [-0.15, -0.1) is 0 Å². The van der Waals surface area contributed by atoms with Gasteiger partial charge < -0.3 is 14.4 Å². The molecule has 0 aliphatic carbocycles. The Balaban J connectivity index is 2.45. The first-order valence-electron chi connectivity index (χ1n) is 5.13. The van der Waals surface area contributed by atoms with Crippen molar-refractivity contribution in [1.29, 1.82) is 0 Å². The highest BCUT2D eigenvalue weighted by atomic mass is 79.9. The number of aromatic nitrogens is 2. The predicted molar refractivity (Wildman–Crippen MR) is 68.8 cm³/mol. The Morgan fingerprint density at radius 1 is 1.35 bits per heavy atom. The Morgan fingerprint density at radius 3 is 2.47 bits per heavy atom. The van der Waals surface area contributed by atoms with E-state index in [0.717, 1.165) is 21.7 Å². The van der Waals surface area contributed by atoms with Crippen LogP contribution in [0.3, 0.4) is 0 Å². The summed E-state index contributed by atoms with van der Waals surface area (Å²) in [5.41, 5.74) is 1.62. The zero-order valence-corrected chi connectivity index (χ0v) is 11.2. The molecule has 0 aliphatic heterocycles. The molecular formula is C12H13BrN2O2. The maximum Gasteiger partial charge on any atom is 0.140 e. The van der Waals surface area contributed by atoms with Gasteiger partial charge in [0.1, 0.15) is 16.2 Å². The largest absolute Gasteiger partial charge is 0.497 e. The van der Waals surface area contributed by atoms with Crippen molar-refractivity contribution in [2.24, 2.45) is 7.05 Å². The van der Waals surface area contributed by atoms with Gasteiger partial charge in [0.15, 0.2) is 0 Å². The van der Waals surface area contributed by atoms with E-state index in [9.17, 15) is 0 Å². The molecule has 2 aromatic rings. The Morgan fingerprint density at radius 2 is 2.00 bits per heavy atom. The highest BCUT2D eigenvalue weighted by Gasteiger charge is 2.12. The molecule has 4 nitrogen and oxygen atoms in total. The summed E-state index contributed by atoms with van der Waals surface area (Å²) in [6, 6.07) is 7.65. The number of benzene rings is 1. The molecule has 0 aliphatic rings. The van der Waals surface area contributed by atoms with Gasteiger partial charge in [0.25, 0.3) is 0 Å². The van der Waals surface area contributed by atoms with Gasteiger partial charge in [-0.25, -0.2) is 4.98 Å². The zero-order valence-electron chi connectivity index (χ0n) is 9.64. The quantitative estimate of drug-likeness (QED) is 0.946. The van der Waals surface area contributed by atoms with E-state index < -0.39 is 0 Å². The lowest BCUT2D eigenvalue weighted by Gasteiger charge is -2.04. The normalized spacial score (nSPS) is 10.6. The molecule has 2 rings (SSSR count). The van der Waals surface area contributed by atoms with Crippen LogP contribution < -0.4 is 4.74 Å². The number of nitrogens with zero attached hydrogens (tertiary/aromatic N) is 2. The lowest BCUT2D eigenvalue weighted by Crippen LogP contribution is -1.93. The Hall–Kier alpha value is -1.33. The van der Waals surface area contributed by atoms with Gasteiger partial charge >= 0.3 is 0 Å². The van der Waals surface area contributed by atoms with Gasteiger partial charge in [0.2, 0.25) is 0 Å². The highest BCUT2D eigenvalue weighted by molar-refractivity contribution is 9.10. The molecule has 0 amide bonds. The fourth-order valence-corrected chi connectivity index (χ4v) is 2.02. The third-order valence-electron chi connectivity index (χ3n) is 2.59. The number of ether oxygens (including phenoxy) is 1. The van der Waals surface area contributed by atoms with Crippen molar-refractivity contribution in [2.75, 3.05) is 7.11 Å². The maximum absolute atomic E-state index is 9.16. The first kappa shape index (κ1) is 12.1. The lowest BCUT2D eigenvalue weighted by molar-refractivity contribution is 0.276. The molecule has 1 aromatic heterocycles. The summed E-state index contributed by atoms with van der Waals surface area (Å²) >= 11 is 3.40. The number of aliphatic hydroxyl groups excluding tert-OH is 1. The molecule has 1 aromatic carbocycles. The van der Waals surface area contributed by atoms with Crippen LogP contribution in [0, 0.1) is 0 Å². The van der Waals surface area contributed by atoms with Crippen molar-refractivity contribution in [3.05, 3.63) is 34.6 Å². The molecule has 1 N–H and O–H groups in total. The molecule has 0 radical (unpaired) electrons. The van der Waals surface area contributed by atoms with Crippen LogP contribution in [0.4, 0.5) is 0 Å². The summed E-state index contributed by atoms with van der Waals surface area (Å²) in [6.07, 6.45) is 0. The van der Waals surface area contributed by atoms with Crippen LogP contribution in [-0.2, 0) is 13.7 Å². The van der Waals surface area contributed by atoms with Crippen molar-refractivity contribution >= 4 is 15.9 Å². The van der Waals surface area contributed by atoms with E-state index in [2.05, 4.69) is 20.9 Å². The molecule has 0 saturated heterocycles. The van der Waals surface area contributed by atoms with Gasteiger partial charge in [-0.1, -0.05) is 0 Å². The van der Waals surface area contributed by atoms with Crippen LogP contribution >= 0.6 is 15.9 Å². The van der Waals surface area contributed by atoms with Crippen LogP contribution in [0.2, 0.25) is 0 Å². The van der Waals surface area contributed by atoms with Gasteiger partial charge in [0, 0.05) is 12.6 Å². The summed E-state index contributed by atoms with van der Waals surface area (Å²) in [6.45, 7) is -0.0788. The highest BCUT2D eigenvalue weighted by Crippen LogP contribution is 2.26. The van der Waals surface area contributed by atoms with Gasteiger partial charge in [-0.05, 0) is 40.2 Å². The average Bonchev–Trinajstić information content (AvgIpc) is 2.66. The van der Waals surface area contributed by atoms with Gasteiger partial charge in [0.05, 0.1) is 19.4 Å². The van der Waals surface area contributed by atoms with E-state index in [-0.39, 0.29) is 6.61 Å². The summed E-state index contributed by atoms with van der Waals surface area (Å²) < 4.78 is 7.80. The fraction of sp³-hybridized carbons (Fsp3) is 0.250. The lowest BCUT2D eigenvalue weighted by atomic mass is 10.2. The molecule has 0 atom stereocenters. The monoisotopic (exact) mass is 296 g/mol. The van der Waals surface area contributed by atoms with Crippen LogP contribution in [-0.4, -0.2) is 21.8 Å². The van der Waals surface area contributed by atoms with E-state index in [1.807, 2.05) is 35.9 Å². The Labute approximate surface area is 108 Å². The number of imidazole rings is 1. The van der Waals surface area contributed by atoms with Crippen molar-refractivity contribution in [2.45, 2.75) is 6.61 Å². The minimum atomic E-state index is -0.0788. The topological polar surface area (TPSA) is 47.3 Å². The van der Waals surface area contributed by atoms with Crippen molar-refractivity contribution in [3.8, 4) is 17.1 Å². The first-order chi connectivity index (χ1) is 8.17. The molecule has 0 saturated carbocycles. The first-order valence-corrected chi connectivity index (χ1v) is 5.93. The third kappa shape index (κ3) is 2.21.